The third kappa shape index (κ3) is 4.65. The molecule has 13 heavy (non-hydrogen) atoms. The summed E-state index contributed by atoms with van der Waals surface area (Å²) in [5.41, 5.74) is 0. The lowest BCUT2D eigenvalue weighted by Crippen LogP contribution is -2.36. The molecule has 74 valence electrons. The van der Waals surface area contributed by atoms with E-state index in [1.54, 1.807) is 6.08 Å². The molecule has 4 nitrogen and oxygen atoms in total. The number of hydrogen-bond acceptors (Lipinski definition) is 3. The minimum Gasteiger partial charge on any atom is -0.478 e. The molecule has 0 atom stereocenters. The summed E-state index contributed by atoms with van der Waals surface area (Å²) >= 11 is 0. The molecule has 1 aliphatic rings. The fraction of sp³-hybridized carbons (Fsp3) is 0.667. The Labute approximate surface area is 77.8 Å². The van der Waals surface area contributed by atoms with Gasteiger partial charge < -0.3 is 9.84 Å². The molecule has 0 spiro atoms. The maximum atomic E-state index is 10.1. The number of aliphatic carboxylic acids is 1. The average molecular weight is 185 g/mol. The van der Waals surface area contributed by atoms with Crippen LogP contribution in [0.5, 0.6) is 0 Å². The summed E-state index contributed by atoms with van der Waals surface area (Å²) in [6.07, 6.45) is 3.69. The minimum atomic E-state index is -0.873. The van der Waals surface area contributed by atoms with Gasteiger partial charge in [0.2, 0.25) is 0 Å². The van der Waals surface area contributed by atoms with Gasteiger partial charge in [-0.3, -0.25) is 4.90 Å². The highest BCUT2D eigenvalue weighted by molar-refractivity contribution is 5.79. The van der Waals surface area contributed by atoms with Gasteiger partial charge in [0.1, 0.15) is 0 Å². The van der Waals surface area contributed by atoms with Crippen LogP contribution in [0.3, 0.4) is 0 Å². The van der Waals surface area contributed by atoms with Crippen LogP contribution in [0.2, 0.25) is 0 Å². The molecule has 0 unspecified atom stereocenters. The molecule has 1 aliphatic heterocycles. The average Bonchev–Trinajstić information content (AvgIpc) is 2.14. The summed E-state index contributed by atoms with van der Waals surface area (Å²) in [6.45, 7) is 4.43. The summed E-state index contributed by atoms with van der Waals surface area (Å²) in [7, 11) is 0. The first-order valence-electron chi connectivity index (χ1n) is 4.48. The second-order valence-corrected chi connectivity index (χ2v) is 2.98. The quantitative estimate of drug-likeness (QED) is 0.642. The summed E-state index contributed by atoms with van der Waals surface area (Å²) in [5, 5.41) is 8.33. The molecule has 1 saturated heterocycles. The Bertz CT molecular complexity index is 185. The SMILES string of the molecule is O=C(O)C=CCCN1CCOCC1. The maximum Gasteiger partial charge on any atom is 0.327 e. The minimum absolute atomic E-state index is 0.794. The maximum absolute atomic E-state index is 10.1. The topological polar surface area (TPSA) is 49.8 Å². The van der Waals surface area contributed by atoms with Crippen LogP contribution in [0.4, 0.5) is 0 Å². The largest absolute Gasteiger partial charge is 0.478 e. The molecule has 0 bridgehead atoms. The Morgan fingerprint density at radius 1 is 1.46 bits per heavy atom. The third-order valence-corrected chi connectivity index (χ3v) is 1.98. The van der Waals surface area contributed by atoms with Crippen LogP contribution in [-0.4, -0.2) is 48.8 Å². The number of carboxylic acid groups (broad SMARTS) is 1. The van der Waals surface area contributed by atoms with Crippen molar-refractivity contribution in [1.29, 1.82) is 0 Å². The van der Waals surface area contributed by atoms with E-state index in [1.807, 2.05) is 0 Å². The van der Waals surface area contributed by atoms with E-state index in [1.165, 1.54) is 6.08 Å². The van der Waals surface area contributed by atoms with Crippen molar-refractivity contribution >= 4 is 5.97 Å². The molecule has 1 rings (SSSR count). The molecule has 0 amide bonds. The molecule has 4 heteroatoms. The van der Waals surface area contributed by atoms with Gasteiger partial charge in [-0.05, 0) is 6.42 Å². The Morgan fingerprint density at radius 2 is 2.15 bits per heavy atom. The number of morpholine rings is 1. The van der Waals surface area contributed by atoms with Crippen LogP contribution >= 0.6 is 0 Å². The van der Waals surface area contributed by atoms with E-state index >= 15 is 0 Å². The molecule has 1 heterocycles. The first kappa shape index (κ1) is 10.2. The van der Waals surface area contributed by atoms with Crippen molar-refractivity contribution in [1.82, 2.24) is 4.90 Å². The number of rotatable bonds is 4. The highest BCUT2D eigenvalue weighted by Gasteiger charge is 2.08. The first-order valence-corrected chi connectivity index (χ1v) is 4.48. The van der Waals surface area contributed by atoms with Gasteiger partial charge in [-0.15, -0.1) is 0 Å². The van der Waals surface area contributed by atoms with E-state index in [0.29, 0.717) is 0 Å². The normalized spacial score (nSPS) is 19.4. The zero-order valence-electron chi connectivity index (χ0n) is 7.61. The lowest BCUT2D eigenvalue weighted by Gasteiger charge is -2.25. The van der Waals surface area contributed by atoms with Crippen LogP contribution in [-0.2, 0) is 9.53 Å². The fourth-order valence-electron chi connectivity index (χ4n) is 1.27. The smallest absolute Gasteiger partial charge is 0.327 e. The van der Waals surface area contributed by atoms with E-state index in [2.05, 4.69) is 4.90 Å². The standard InChI is InChI=1S/C9H15NO3/c11-9(12)3-1-2-4-10-5-7-13-8-6-10/h1,3H,2,4-8H2,(H,11,12). The zero-order chi connectivity index (χ0) is 9.52. The second-order valence-electron chi connectivity index (χ2n) is 2.98. The van der Waals surface area contributed by atoms with E-state index in [-0.39, 0.29) is 0 Å². The van der Waals surface area contributed by atoms with Crippen molar-refractivity contribution in [2.45, 2.75) is 6.42 Å². The van der Waals surface area contributed by atoms with Gasteiger partial charge in [0.05, 0.1) is 13.2 Å². The predicted molar refractivity (Wildman–Crippen MR) is 48.7 cm³/mol. The summed E-state index contributed by atoms with van der Waals surface area (Å²) in [6, 6.07) is 0. The van der Waals surface area contributed by atoms with Gasteiger partial charge in [-0.25, -0.2) is 4.79 Å². The Morgan fingerprint density at radius 3 is 2.77 bits per heavy atom. The molecule has 0 aliphatic carbocycles. The molecule has 0 aromatic carbocycles. The highest BCUT2D eigenvalue weighted by Crippen LogP contribution is 1.98. The van der Waals surface area contributed by atoms with E-state index in [0.717, 1.165) is 39.3 Å². The van der Waals surface area contributed by atoms with Crippen molar-refractivity contribution in [2.24, 2.45) is 0 Å². The Kier molecular flexibility index (Phi) is 4.49. The van der Waals surface area contributed by atoms with E-state index < -0.39 is 5.97 Å². The van der Waals surface area contributed by atoms with Crippen LogP contribution < -0.4 is 0 Å². The third-order valence-electron chi connectivity index (χ3n) is 1.98. The van der Waals surface area contributed by atoms with E-state index in [9.17, 15) is 4.79 Å². The summed E-state index contributed by atoms with van der Waals surface area (Å²) in [5.74, 6) is -0.873. The number of ether oxygens (including phenoxy) is 1. The van der Waals surface area contributed by atoms with Crippen molar-refractivity contribution in [3.8, 4) is 0 Å². The van der Waals surface area contributed by atoms with Crippen LogP contribution in [0, 0.1) is 0 Å². The lowest BCUT2D eigenvalue weighted by atomic mass is 10.3. The molecular formula is C9H15NO3. The molecule has 0 saturated carbocycles. The molecule has 0 aromatic rings. The lowest BCUT2D eigenvalue weighted by molar-refractivity contribution is -0.131. The summed E-state index contributed by atoms with van der Waals surface area (Å²) < 4.78 is 5.19. The molecule has 0 radical (unpaired) electrons. The van der Waals surface area contributed by atoms with Crippen molar-refractivity contribution in [3.63, 3.8) is 0 Å². The van der Waals surface area contributed by atoms with Gasteiger partial charge in [0.25, 0.3) is 0 Å². The first-order chi connectivity index (χ1) is 6.29. The molecule has 1 N–H and O–H groups in total. The number of nitrogens with zero attached hydrogens (tertiary/aromatic N) is 1. The highest BCUT2D eigenvalue weighted by atomic mass is 16.5. The zero-order valence-corrected chi connectivity index (χ0v) is 7.61. The number of carboxylic acids is 1. The van der Waals surface area contributed by atoms with Gasteiger partial charge in [0.15, 0.2) is 0 Å². The molecule has 1 fully saturated rings. The molecular weight excluding hydrogens is 170 g/mol. The van der Waals surface area contributed by atoms with Gasteiger partial charge in [-0.2, -0.15) is 0 Å². The van der Waals surface area contributed by atoms with Gasteiger partial charge in [0, 0.05) is 25.7 Å². The Hall–Kier alpha value is -0.870. The van der Waals surface area contributed by atoms with Gasteiger partial charge in [-0.1, -0.05) is 6.08 Å². The molecule has 0 aromatic heterocycles. The second kappa shape index (κ2) is 5.72. The Balaban J connectivity index is 2.07. The van der Waals surface area contributed by atoms with E-state index in [4.69, 9.17) is 9.84 Å². The van der Waals surface area contributed by atoms with Gasteiger partial charge >= 0.3 is 5.97 Å². The van der Waals surface area contributed by atoms with Crippen LogP contribution in [0.25, 0.3) is 0 Å². The van der Waals surface area contributed by atoms with Crippen molar-refractivity contribution in [3.05, 3.63) is 12.2 Å². The fourth-order valence-corrected chi connectivity index (χ4v) is 1.27. The van der Waals surface area contributed by atoms with Crippen LogP contribution in [0.15, 0.2) is 12.2 Å². The summed E-state index contributed by atoms with van der Waals surface area (Å²) in [4.78, 5) is 12.4. The number of carbonyl (C=O) groups is 1. The van der Waals surface area contributed by atoms with Crippen molar-refractivity contribution in [2.75, 3.05) is 32.8 Å². The number of hydrogen-bond donors (Lipinski definition) is 1. The monoisotopic (exact) mass is 185 g/mol. The predicted octanol–water partition coefficient (Wildman–Crippen LogP) is 0.350. The van der Waals surface area contributed by atoms with Crippen molar-refractivity contribution < 1.29 is 14.6 Å². The van der Waals surface area contributed by atoms with Crippen LogP contribution in [0.1, 0.15) is 6.42 Å².